The number of anilines is 1. The highest BCUT2D eigenvalue weighted by atomic mass is 16.5. The Kier molecular flexibility index (Phi) is 4.48. The number of carbonyl (C=O) groups excluding carboxylic acids is 1. The number of hydrogen-bond donors (Lipinski definition) is 1. The van der Waals surface area contributed by atoms with Crippen LogP contribution in [0.1, 0.15) is 21.5 Å². The molecule has 0 unspecified atom stereocenters. The van der Waals surface area contributed by atoms with E-state index in [0.29, 0.717) is 23.5 Å². The van der Waals surface area contributed by atoms with Gasteiger partial charge < -0.3 is 15.4 Å². The van der Waals surface area contributed by atoms with E-state index in [1.165, 1.54) is 0 Å². The van der Waals surface area contributed by atoms with Gasteiger partial charge in [-0.05, 0) is 36.2 Å². The predicted octanol–water partition coefficient (Wildman–Crippen LogP) is 2.86. The minimum absolute atomic E-state index is 0.0587. The van der Waals surface area contributed by atoms with Crippen molar-refractivity contribution in [2.75, 3.05) is 19.9 Å². The van der Waals surface area contributed by atoms with Crippen LogP contribution >= 0.6 is 0 Å². The van der Waals surface area contributed by atoms with E-state index in [1.807, 2.05) is 43.3 Å². The summed E-state index contributed by atoms with van der Waals surface area (Å²) < 4.78 is 5.26. The van der Waals surface area contributed by atoms with E-state index in [1.54, 1.807) is 25.1 Å². The van der Waals surface area contributed by atoms with Crippen molar-refractivity contribution in [3.63, 3.8) is 0 Å². The van der Waals surface area contributed by atoms with Crippen LogP contribution in [0.3, 0.4) is 0 Å². The van der Waals surface area contributed by atoms with Gasteiger partial charge in [-0.2, -0.15) is 0 Å². The molecule has 0 fully saturated rings. The molecule has 21 heavy (non-hydrogen) atoms. The molecule has 0 spiro atoms. The summed E-state index contributed by atoms with van der Waals surface area (Å²) in [6.07, 6.45) is 0. The first-order chi connectivity index (χ1) is 10.0. The van der Waals surface area contributed by atoms with Crippen molar-refractivity contribution in [2.45, 2.75) is 13.5 Å². The van der Waals surface area contributed by atoms with Gasteiger partial charge >= 0.3 is 0 Å². The summed E-state index contributed by atoms with van der Waals surface area (Å²) in [5.74, 6) is 0.657. The SMILES string of the molecule is COc1cc(C(=O)N(C)Cc2ccccc2N)ccc1C. The van der Waals surface area contributed by atoms with Crippen molar-refractivity contribution in [1.82, 2.24) is 4.90 Å². The first-order valence-electron chi connectivity index (χ1n) is 6.76. The number of aryl methyl sites for hydroxylation is 1. The number of nitrogens with two attached hydrogens (primary N) is 1. The molecule has 2 N–H and O–H groups in total. The van der Waals surface area contributed by atoms with Crippen molar-refractivity contribution in [3.8, 4) is 5.75 Å². The molecule has 0 aliphatic heterocycles. The van der Waals surface area contributed by atoms with E-state index in [2.05, 4.69) is 0 Å². The first kappa shape index (κ1) is 14.9. The number of rotatable bonds is 4. The number of benzene rings is 2. The van der Waals surface area contributed by atoms with E-state index in [0.717, 1.165) is 11.1 Å². The van der Waals surface area contributed by atoms with Gasteiger partial charge in [-0.3, -0.25) is 4.79 Å². The smallest absolute Gasteiger partial charge is 0.254 e. The van der Waals surface area contributed by atoms with Gasteiger partial charge in [0.2, 0.25) is 0 Å². The normalized spacial score (nSPS) is 10.2. The molecule has 2 aromatic carbocycles. The number of amides is 1. The number of ether oxygens (including phenoxy) is 1. The maximum absolute atomic E-state index is 12.5. The summed E-state index contributed by atoms with van der Waals surface area (Å²) in [5, 5.41) is 0. The molecule has 0 aliphatic rings. The fourth-order valence-corrected chi connectivity index (χ4v) is 2.18. The molecule has 0 atom stereocenters. The molecule has 2 rings (SSSR count). The lowest BCUT2D eigenvalue weighted by atomic mass is 10.1. The van der Waals surface area contributed by atoms with E-state index >= 15 is 0 Å². The molecule has 0 bridgehead atoms. The molecule has 0 aromatic heterocycles. The number of nitrogen functional groups attached to an aromatic ring is 1. The highest BCUT2D eigenvalue weighted by Gasteiger charge is 2.14. The molecule has 0 saturated heterocycles. The molecule has 0 aliphatic carbocycles. The summed E-state index contributed by atoms with van der Waals surface area (Å²) in [7, 11) is 3.37. The van der Waals surface area contributed by atoms with E-state index in [-0.39, 0.29) is 5.91 Å². The van der Waals surface area contributed by atoms with Gasteiger partial charge in [0.15, 0.2) is 0 Å². The van der Waals surface area contributed by atoms with Crippen LogP contribution in [0.15, 0.2) is 42.5 Å². The third-order valence-corrected chi connectivity index (χ3v) is 3.46. The van der Waals surface area contributed by atoms with Crippen molar-refractivity contribution in [3.05, 3.63) is 59.2 Å². The third kappa shape index (κ3) is 3.34. The number of hydrogen-bond acceptors (Lipinski definition) is 3. The molecule has 2 aromatic rings. The summed E-state index contributed by atoms with van der Waals surface area (Å²) in [5.41, 5.74) is 9.16. The Labute approximate surface area is 125 Å². The fourth-order valence-electron chi connectivity index (χ4n) is 2.18. The van der Waals surface area contributed by atoms with Gasteiger partial charge in [-0.25, -0.2) is 0 Å². The second kappa shape index (κ2) is 6.31. The lowest BCUT2D eigenvalue weighted by molar-refractivity contribution is 0.0785. The first-order valence-corrected chi connectivity index (χ1v) is 6.76. The minimum atomic E-state index is -0.0587. The average Bonchev–Trinajstić information content (AvgIpc) is 2.49. The maximum Gasteiger partial charge on any atom is 0.254 e. The molecular formula is C17H20N2O2. The Morgan fingerprint density at radius 3 is 2.62 bits per heavy atom. The van der Waals surface area contributed by atoms with Crippen LogP contribution in [0.2, 0.25) is 0 Å². The number of para-hydroxylation sites is 1. The summed E-state index contributed by atoms with van der Waals surface area (Å²) in [6, 6.07) is 13.0. The molecule has 0 saturated carbocycles. The standard InChI is InChI=1S/C17H20N2O2/c1-12-8-9-13(10-16(12)21-3)17(20)19(2)11-14-6-4-5-7-15(14)18/h4-10H,11,18H2,1-3H3. The van der Waals surface area contributed by atoms with Crippen molar-refractivity contribution in [2.24, 2.45) is 0 Å². The van der Waals surface area contributed by atoms with Crippen molar-refractivity contribution < 1.29 is 9.53 Å². The zero-order valence-electron chi connectivity index (χ0n) is 12.6. The summed E-state index contributed by atoms with van der Waals surface area (Å²) >= 11 is 0. The predicted molar refractivity (Wildman–Crippen MR) is 84.4 cm³/mol. The molecule has 4 nitrogen and oxygen atoms in total. The van der Waals surface area contributed by atoms with Crippen molar-refractivity contribution >= 4 is 11.6 Å². The molecular weight excluding hydrogens is 264 g/mol. The second-order valence-electron chi connectivity index (χ2n) is 5.04. The van der Waals surface area contributed by atoms with Gasteiger partial charge in [0.1, 0.15) is 5.75 Å². The zero-order valence-corrected chi connectivity index (χ0v) is 12.6. The Morgan fingerprint density at radius 2 is 1.95 bits per heavy atom. The van der Waals surface area contributed by atoms with E-state index < -0.39 is 0 Å². The Hall–Kier alpha value is -2.49. The number of nitrogens with zero attached hydrogens (tertiary/aromatic N) is 1. The van der Waals surface area contributed by atoms with E-state index in [9.17, 15) is 4.79 Å². The average molecular weight is 284 g/mol. The molecule has 0 heterocycles. The Bertz CT molecular complexity index is 653. The summed E-state index contributed by atoms with van der Waals surface area (Å²) in [4.78, 5) is 14.1. The van der Waals surface area contributed by atoms with Crippen LogP contribution in [0.25, 0.3) is 0 Å². The lowest BCUT2D eigenvalue weighted by Crippen LogP contribution is -2.26. The maximum atomic E-state index is 12.5. The molecule has 1 amide bonds. The largest absolute Gasteiger partial charge is 0.496 e. The van der Waals surface area contributed by atoms with Gasteiger partial charge in [0.25, 0.3) is 5.91 Å². The Morgan fingerprint density at radius 1 is 1.24 bits per heavy atom. The highest BCUT2D eigenvalue weighted by molar-refractivity contribution is 5.94. The molecule has 4 heteroatoms. The molecule has 110 valence electrons. The van der Waals surface area contributed by atoms with Crippen LogP contribution in [0.5, 0.6) is 5.75 Å². The number of carbonyl (C=O) groups is 1. The van der Waals surface area contributed by atoms with Gasteiger partial charge in [-0.1, -0.05) is 24.3 Å². The zero-order chi connectivity index (χ0) is 15.4. The second-order valence-corrected chi connectivity index (χ2v) is 5.04. The molecule has 0 radical (unpaired) electrons. The van der Waals surface area contributed by atoms with E-state index in [4.69, 9.17) is 10.5 Å². The van der Waals surface area contributed by atoms with Crippen LogP contribution < -0.4 is 10.5 Å². The van der Waals surface area contributed by atoms with Crippen LogP contribution in [-0.2, 0) is 6.54 Å². The highest BCUT2D eigenvalue weighted by Crippen LogP contribution is 2.21. The van der Waals surface area contributed by atoms with Crippen LogP contribution in [-0.4, -0.2) is 25.0 Å². The third-order valence-electron chi connectivity index (χ3n) is 3.46. The van der Waals surface area contributed by atoms with Crippen molar-refractivity contribution in [1.29, 1.82) is 0 Å². The van der Waals surface area contributed by atoms with Gasteiger partial charge in [0.05, 0.1) is 7.11 Å². The number of methoxy groups -OCH3 is 1. The topological polar surface area (TPSA) is 55.6 Å². The lowest BCUT2D eigenvalue weighted by Gasteiger charge is -2.19. The fraction of sp³-hybridized carbons (Fsp3) is 0.235. The monoisotopic (exact) mass is 284 g/mol. The quantitative estimate of drug-likeness (QED) is 0.878. The minimum Gasteiger partial charge on any atom is -0.496 e. The van der Waals surface area contributed by atoms with Gasteiger partial charge in [0, 0.05) is 24.8 Å². The van der Waals surface area contributed by atoms with Crippen LogP contribution in [0, 0.1) is 6.92 Å². The Balaban J connectivity index is 2.18. The summed E-state index contributed by atoms with van der Waals surface area (Å²) in [6.45, 7) is 2.42. The van der Waals surface area contributed by atoms with Gasteiger partial charge in [-0.15, -0.1) is 0 Å². The van der Waals surface area contributed by atoms with Crippen LogP contribution in [0.4, 0.5) is 5.69 Å².